The Morgan fingerprint density at radius 2 is 1.94 bits per heavy atom. The Hall–Kier alpha value is -2.16. The zero-order valence-electron chi connectivity index (χ0n) is 10.2. The molecule has 0 N–H and O–H groups in total. The van der Waals surface area contributed by atoms with Crippen LogP contribution in [0, 0.1) is 19.7 Å². The third kappa shape index (κ3) is 1.68. The summed E-state index contributed by atoms with van der Waals surface area (Å²) in [5.74, 6) is 0.167. The van der Waals surface area contributed by atoms with Gasteiger partial charge in [0.2, 0.25) is 5.89 Å². The SMILES string of the molecule is Cc1ccc2nc(-c3cccc(F)c3)oc2c1C. The summed E-state index contributed by atoms with van der Waals surface area (Å²) in [7, 11) is 0. The Balaban J connectivity index is 2.23. The minimum Gasteiger partial charge on any atom is -0.436 e. The largest absolute Gasteiger partial charge is 0.436 e. The lowest BCUT2D eigenvalue weighted by molar-refractivity contribution is 0.609. The molecule has 1 aromatic heterocycles. The van der Waals surface area contributed by atoms with Crippen molar-refractivity contribution in [2.45, 2.75) is 13.8 Å². The van der Waals surface area contributed by atoms with Crippen LogP contribution in [0.15, 0.2) is 40.8 Å². The predicted molar refractivity (Wildman–Crippen MR) is 68.9 cm³/mol. The van der Waals surface area contributed by atoms with Gasteiger partial charge in [-0.25, -0.2) is 9.37 Å². The zero-order chi connectivity index (χ0) is 12.7. The van der Waals surface area contributed by atoms with Crippen molar-refractivity contribution >= 4 is 11.1 Å². The van der Waals surface area contributed by atoms with Gasteiger partial charge in [-0.15, -0.1) is 0 Å². The van der Waals surface area contributed by atoms with E-state index < -0.39 is 0 Å². The molecule has 3 aromatic rings. The van der Waals surface area contributed by atoms with Gasteiger partial charge >= 0.3 is 0 Å². The summed E-state index contributed by atoms with van der Waals surface area (Å²) in [6.07, 6.45) is 0. The summed E-state index contributed by atoms with van der Waals surface area (Å²) in [4.78, 5) is 4.39. The van der Waals surface area contributed by atoms with E-state index in [0.717, 1.165) is 22.2 Å². The molecule has 0 atom stereocenters. The lowest BCUT2D eigenvalue weighted by atomic mass is 10.1. The number of fused-ring (bicyclic) bond motifs is 1. The van der Waals surface area contributed by atoms with Crippen LogP contribution < -0.4 is 0 Å². The Morgan fingerprint density at radius 1 is 1.11 bits per heavy atom. The molecule has 0 aliphatic carbocycles. The topological polar surface area (TPSA) is 26.0 Å². The van der Waals surface area contributed by atoms with E-state index in [1.54, 1.807) is 12.1 Å². The van der Waals surface area contributed by atoms with E-state index in [-0.39, 0.29) is 5.82 Å². The first-order valence-corrected chi connectivity index (χ1v) is 5.78. The molecular weight excluding hydrogens is 229 g/mol. The van der Waals surface area contributed by atoms with Crippen molar-refractivity contribution in [1.29, 1.82) is 0 Å². The second-order valence-corrected chi connectivity index (χ2v) is 4.39. The molecular formula is C15H12FNO. The fourth-order valence-corrected chi connectivity index (χ4v) is 1.97. The summed E-state index contributed by atoms with van der Waals surface area (Å²) >= 11 is 0. The molecule has 3 heteroatoms. The Morgan fingerprint density at radius 3 is 2.72 bits per heavy atom. The molecule has 0 aliphatic heterocycles. The van der Waals surface area contributed by atoms with Crippen molar-refractivity contribution in [3.05, 3.63) is 53.3 Å². The van der Waals surface area contributed by atoms with Crippen LogP contribution in [0.25, 0.3) is 22.6 Å². The van der Waals surface area contributed by atoms with Gasteiger partial charge in [-0.05, 0) is 49.2 Å². The molecule has 0 fully saturated rings. The van der Waals surface area contributed by atoms with Gasteiger partial charge in [0, 0.05) is 5.56 Å². The average molecular weight is 241 g/mol. The van der Waals surface area contributed by atoms with Gasteiger partial charge in [-0.3, -0.25) is 0 Å². The van der Waals surface area contributed by atoms with Crippen molar-refractivity contribution in [2.24, 2.45) is 0 Å². The van der Waals surface area contributed by atoms with Gasteiger partial charge in [0.05, 0.1) is 0 Å². The van der Waals surface area contributed by atoms with Gasteiger partial charge < -0.3 is 4.42 Å². The molecule has 0 amide bonds. The quantitative estimate of drug-likeness (QED) is 0.636. The normalized spacial score (nSPS) is 11.1. The summed E-state index contributed by atoms with van der Waals surface area (Å²) < 4.78 is 18.9. The van der Waals surface area contributed by atoms with Crippen LogP contribution in [0.1, 0.15) is 11.1 Å². The number of hydrogen-bond donors (Lipinski definition) is 0. The highest BCUT2D eigenvalue weighted by molar-refractivity contribution is 5.80. The monoisotopic (exact) mass is 241 g/mol. The Labute approximate surface area is 104 Å². The molecule has 0 aliphatic rings. The van der Waals surface area contributed by atoms with Gasteiger partial charge in [-0.2, -0.15) is 0 Å². The van der Waals surface area contributed by atoms with Crippen LogP contribution in [0.5, 0.6) is 0 Å². The molecule has 0 unspecified atom stereocenters. The van der Waals surface area contributed by atoms with Crippen molar-refractivity contribution in [2.75, 3.05) is 0 Å². The Bertz CT molecular complexity index is 730. The first-order valence-electron chi connectivity index (χ1n) is 5.78. The molecule has 1 heterocycles. The van der Waals surface area contributed by atoms with E-state index >= 15 is 0 Å². The molecule has 2 aromatic carbocycles. The minimum absolute atomic E-state index is 0.289. The number of aryl methyl sites for hydroxylation is 2. The average Bonchev–Trinajstić information content (AvgIpc) is 2.79. The molecule has 0 saturated carbocycles. The molecule has 0 saturated heterocycles. The van der Waals surface area contributed by atoms with Crippen LogP contribution >= 0.6 is 0 Å². The number of nitrogens with zero attached hydrogens (tertiary/aromatic N) is 1. The number of aromatic nitrogens is 1. The maximum absolute atomic E-state index is 13.2. The summed E-state index contributed by atoms with van der Waals surface area (Å²) in [5, 5.41) is 0. The van der Waals surface area contributed by atoms with Crippen molar-refractivity contribution < 1.29 is 8.81 Å². The third-order valence-electron chi connectivity index (χ3n) is 3.15. The van der Waals surface area contributed by atoms with Crippen LogP contribution in [-0.2, 0) is 0 Å². The minimum atomic E-state index is -0.289. The second kappa shape index (κ2) is 3.95. The lowest BCUT2D eigenvalue weighted by Crippen LogP contribution is -1.80. The highest BCUT2D eigenvalue weighted by atomic mass is 19.1. The van der Waals surface area contributed by atoms with E-state index in [1.165, 1.54) is 12.1 Å². The first-order chi connectivity index (χ1) is 8.65. The lowest BCUT2D eigenvalue weighted by Gasteiger charge is -1.97. The fourth-order valence-electron chi connectivity index (χ4n) is 1.97. The van der Waals surface area contributed by atoms with Gasteiger partial charge in [0.1, 0.15) is 11.3 Å². The summed E-state index contributed by atoms with van der Waals surface area (Å²) in [5.41, 5.74) is 4.46. The van der Waals surface area contributed by atoms with Crippen molar-refractivity contribution in [1.82, 2.24) is 4.98 Å². The third-order valence-corrected chi connectivity index (χ3v) is 3.15. The molecule has 2 nitrogen and oxygen atoms in total. The number of halogens is 1. The van der Waals surface area contributed by atoms with Crippen LogP contribution in [0.4, 0.5) is 4.39 Å². The molecule has 0 radical (unpaired) electrons. The number of benzene rings is 2. The maximum atomic E-state index is 13.2. The second-order valence-electron chi connectivity index (χ2n) is 4.39. The highest BCUT2D eigenvalue weighted by Crippen LogP contribution is 2.27. The highest BCUT2D eigenvalue weighted by Gasteiger charge is 2.11. The summed E-state index contributed by atoms with van der Waals surface area (Å²) in [6, 6.07) is 10.2. The van der Waals surface area contributed by atoms with E-state index in [2.05, 4.69) is 4.98 Å². The van der Waals surface area contributed by atoms with Crippen molar-refractivity contribution in [3.8, 4) is 11.5 Å². The summed E-state index contributed by atoms with van der Waals surface area (Å²) in [6.45, 7) is 4.03. The van der Waals surface area contributed by atoms with Crippen LogP contribution in [-0.4, -0.2) is 4.98 Å². The van der Waals surface area contributed by atoms with Crippen LogP contribution in [0.2, 0.25) is 0 Å². The van der Waals surface area contributed by atoms with Gasteiger partial charge in [-0.1, -0.05) is 12.1 Å². The smallest absolute Gasteiger partial charge is 0.227 e. The van der Waals surface area contributed by atoms with Crippen molar-refractivity contribution in [3.63, 3.8) is 0 Å². The van der Waals surface area contributed by atoms with E-state index in [1.807, 2.05) is 26.0 Å². The van der Waals surface area contributed by atoms with E-state index in [4.69, 9.17) is 4.42 Å². The van der Waals surface area contributed by atoms with Gasteiger partial charge in [0.25, 0.3) is 0 Å². The number of oxazole rings is 1. The molecule has 3 rings (SSSR count). The van der Waals surface area contributed by atoms with E-state index in [0.29, 0.717) is 11.5 Å². The molecule has 18 heavy (non-hydrogen) atoms. The molecule has 90 valence electrons. The zero-order valence-corrected chi connectivity index (χ0v) is 10.2. The number of hydrogen-bond acceptors (Lipinski definition) is 2. The van der Waals surface area contributed by atoms with E-state index in [9.17, 15) is 4.39 Å². The molecule has 0 bridgehead atoms. The standard InChI is InChI=1S/C15H12FNO/c1-9-6-7-13-14(10(9)2)18-15(17-13)11-4-3-5-12(16)8-11/h3-8H,1-2H3. The first kappa shape index (κ1) is 11.0. The fraction of sp³-hybridized carbons (Fsp3) is 0.133. The predicted octanol–water partition coefficient (Wildman–Crippen LogP) is 4.25. The van der Waals surface area contributed by atoms with Crippen LogP contribution in [0.3, 0.4) is 0 Å². The maximum Gasteiger partial charge on any atom is 0.227 e. The number of rotatable bonds is 1. The Kier molecular flexibility index (Phi) is 2.40. The molecule has 0 spiro atoms. The van der Waals surface area contributed by atoms with Gasteiger partial charge in [0.15, 0.2) is 5.58 Å².